The third kappa shape index (κ3) is 5.66. The lowest BCUT2D eigenvalue weighted by Crippen LogP contribution is -2.23. The van der Waals surface area contributed by atoms with Crippen LogP contribution < -0.4 is 4.74 Å². The number of rotatable bonds is 8. The second-order valence-corrected chi connectivity index (χ2v) is 4.98. The Labute approximate surface area is 128 Å². The summed E-state index contributed by atoms with van der Waals surface area (Å²) in [4.78, 5) is 25.7. The summed E-state index contributed by atoms with van der Waals surface area (Å²) in [6, 6.07) is 3.99. The van der Waals surface area contributed by atoms with Crippen LogP contribution in [0.25, 0.3) is 0 Å². The van der Waals surface area contributed by atoms with E-state index in [1.165, 1.54) is 24.3 Å². The summed E-state index contributed by atoms with van der Waals surface area (Å²) in [5.41, 5.74) is 0. The Morgan fingerprint density at radius 2 is 2.24 bits per heavy atom. The molecule has 1 rings (SSSR count). The van der Waals surface area contributed by atoms with E-state index in [0.29, 0.717) is 6.42 Å². The van der Waals surface area contributed by atoms with Crippen molar-refractivity contribution in [3.05, 3.63) is 29.0 Å². The monoisotopic (exact) mass is 313 g/mol. The molecular formula is C15H17ClFNO3. The summed E-state index contributed by atoms with van der Waals surface area (Å²) in [6.07, 6.45) is 4.75. The van der Waals surface area contributed by atoms with Gasteiger partial charge in [0.1, 0.15) is 10.8 Å². The number of benzene rings is 1. The van der Waals surface area contributed by atoms with Crippen molar-refractivity contribution in [1.82, 2.24) is 0 Å². The lowest BCUT2D eigenvalue weighted by Gasteiger charge is -2.14. The van der Waals surface area contributed by atoms with E-state index in [1.54, 1.807) is 0 Å². The molecule has 0 aliphatic rings. The zero-order valence-corrected chi connectivity index (χ0v) is 12.5. The number of aliphatic imine (C=N–C) groups is 1. The zero-order chi connectivity index (χ0) is 15.7. The van der Waals surface area contributed by atoms with Gasteiger partial charge in [0.15, 0.2) is 5.75 Å². The minimum Gasteiger partial charge on any atom is -0.425 e. The standard InChI is InChI=1S/C15H17ClFNO3/c1-2-3-4-6-11(9-18-10-19)15(20)21-13-8-5-7-12(17)14(13)16/h5,7-8,11H,2-4,6,9H2,1H3. The van der Waals surface area contributed by atoms with Crippen molar-refractivity contribution in [3.8, 4) is 5.75 Å². The molecule has 4 nitrogen and oxygen atoms in total. The normalized spacial score (nSPS) is 11.6. The smallest absolute Gasteiger partial charge is 0.316 e. The fourth-order valence-corrected chi connectivity index (χ4v) is 1.99. The highest BCUT2D eigenvalue weighted by atomic mass is 35.5. The van der Waals surface area contributed by atoms with E-state index < -0.39 is 17.7 Å². The summed E-state index contributed by atoms with van der Waals surface area (Å²) in [7, 11) is 0. The molecule has 0 heterocycles. The number of esters is 1. The number of unbranched alkanes of at least 4 members (excludes halogenated alkanes) is 2. The van der Waals surface area contributed by atoms with E-state index >= 15 is 0 Å². The van der Waals surface area contributed by atoms with Crippen LogP contribution in [0.4, 0.5) is 4.39 Å². The first-order valence-electron chi connectivity index (χ1n) is 6.79. The van der Waals surface area contributed by atoms with Crippen LogP contribution in [0, 0.1) is 11.7 Å². The lowest BCUT2D eigenvalue weighted by molar-refractivity contribution is -0.138. The Hall–Kier alpha value is -1.71. The molecule has 1 aromatic carbocycles. The Balaban J connectivity index is 2.74. The van der Waals surface area contributed by atoms with Crippen LogP contribution in [0.3, 0.4) is 0 Å². The SMILES string of the molecule is CCCCCC(CN=C=O)C(=O)Oc1cccc(F)c1Cl. The zero-order valence-electron chi connectivity index (χ0n) is 11.8. The molecule has 0 spiro atoms. The van der Waals surface area contributed by atoms with Crippen LogP contribution in [-0.4, -0.2) is 18.6 Å². The van der Waals surface area contributed by atoms with Gasteiger partial charge >= 0.3 is 5.97 Å². The first kappa shape index (κ1) is 17.3. The molecule has 1 atom stereocenters. The molecule has 114 valence electrons. The molecule has 0 radical (unpaired) electrons. The fraction of sp³-hybridized carbons (Fsp3) is 0.467. The van der Waals surface area contributed by atoms with Gasteiger partial charge in [0.05, 0.1) is 12.5 Å². The number of carbonyl (C=O) groups excluding carboxylic acids is 2. The summed E-state index contributed by atoms with van der Waals surface area (Å²) in [5.74, 6) is -1.82. The first-order valence-corrected chi connectivity index (χ1v) is 7.17. The first-order chi connectivity index (χ1) is 10.1. The predicted molar refractivity (Wildman–Crippen MR) is 77.7 cm³/mol. The van der Waals surface area contributed by atoms with Crippen molar-refractivity contribution in [1.29, 1.82) is 0 Å². The maximum absolute atomic E-state index is 13.3. The minimum atomic E-state index is -0.657. The second-order valence-electron chi connectivity index (χ2n) is 4.60. The summed E-state index contributed by atoms with van der Waals surface area (Å²) in [6.45, 7) is 2.06. The van der Waals surface area contributed by atoms with Crippen LogP contribution in [-0.2, 0) is 9.59 Å². The van der Waals surface area contributed by atoms with Gasteiger partial charge < -0.3 is 4.74 Å². The minimum absolute atomic E-state index is 0.0129. The summed E-state index contributed by atoms with van der Waals surface area (Å²) >= 11 is 5.74. The van der Waals surface area contributed by atoms with Crippen molar-refractivity contribution in [2.24, 2.45) is 10.9 Å². The van der Waals surface area contributed by atoms with Gasteiger partial charge in [0.2, 0.25) is 6.08 Å². The van der Waals surface area contributed by atoms with Crippen LogP contribution >= 0.6 is 11.6 Å². The molecule has 21 heavy (non-hydrogen) atoms. The number of hydrogen-bond acceptors (Lipinski definition) is 4. The van der Waals surface area contributed by atoms with E-state index in [0.717, 1.165) is 19.3 Å². The molecule has 0 saturated carbocycles. The van der Waals surface area contributed by atoms with E-state index in [2.05, 4.69) is 4.99 Å². The highest BCUT2D eigenvalue weighted by molar-refractivity contribution is 6.32. The Bertz CT molecular complexity index is 530. The van der Waals surface area contributed by atoms with Gasteiger partial charge in [-0.3, -0.25) is 4.79 Å². The maximum Gasteiger partial charge on any atom is 0.316 e. The lowest BCUT2D eigenvalue weighted by atomic mass is 10.0. The van der Waals surface area contributed by atoms with Crippen LogP contribution in [0.15, 0.2) is 23.2 Å². The third-order valence-corrected chi connectivity index (χ3v) is 3.36. The van der Waals surface area contributed by atoms with Gasteiger partial charge in [-0.2, -0.15) is 0 Å². The van der Waals surface area contributed by atoms with E-state index in [1.807, 2.05) is 6.92 Å². The number of isocyanates is 1. The topological polar surface area (TPSA) is 55.7 Å². The molecule has 0 fully saturated rings. The number of nitrogens with zero attached hydrogens (tertiary/aromatic N) is 1. The Morgan fingerprint density at radius 1 is 1.48 bits per heavy atom. The molecule has 0 N–H and O–H groups in total. The molecule has 1 aromatic rings. The van der Waals surface area contributed by atoms with Crippen molar-refractivity contribution in [3.63, 3.8) is 0 Å². The average Bonchev–Trinajstić information content (AvgIpc) is 2.47. The third-order valence-electron chi connectivity index (χ3n) is 2.99. The molecule has 0 aliphatic heterocycles. The van der Waals surface area contributed by atoms with Crippen molar-refractivity contribution < 1.29 is 18.7 Å². The van der Waals surface area contributed by atoms with Gasteiger partial charge in [0.25, 0.3) is 0 Å². The molecular weight excluding hydrogens is 297 g/mol. The van der Waals surface area contributed by atoms with E-state index in [9.17, 15) is 14.0 Å². The van der Waals surface area contributed by atoms with Gasteiger partial charge in [-0.05, 0) is 18.6 Å². The molecule has 0 bridgehead atoms. The highest BCUT2D eigenvalue weighted by Gasteiger charge is 2.21. The molecule has 0 amide bonds. The largest absolute Gasteiger partial charge is 0.425 e. The second kappa shape index (κ2) is 9.27. The molecule has 6 heteroatoms. The highest BCUT2D eigenvalue weighted by Crippen LogP contribution is 2.28. The number of halogens is 2. The fourth-order valence-electron chi connectivity index (χ4n) is 1.83. The van der Waals surface area contributed by atoms with Gasteiger partial charge in [-0.1, -0.05) is 43.9 Å². The predicted octanol–water partition coefficient (Wildman–Crippen LogP) is 3.92. The average molecular weight is 314 g/mol. The molecule has 0 aliphatic carbocycles. The van der Waals surface area contributed by atoms with Crippen LogP contribution in [0.5, 0.6) is 5.75 Å². The van der Waals surface area contributed by atoms with E-state index in [-0.39, 0.29) is 17.3 Å². The van der Waals surface area contributed by atoms with Crippen LogP contribution in [0.2, 0.25) is 5.02 Å². The van der Waals surface area contributed by atoms with Crippen LogP contribution in [0.1, 0.15) is 32.6 Å². The van der Waals surface area contributed by atoms with Gasteiger partial charge in [-0.15, -0.1) is 0 Å². The Kier molecular flexibility index (Phi) is 7.65. The van der Waals surface area contributed by atoms with Crippen molar-refractivity contribution in [2.45, 2.75) is 32.6 Å². The molecule has 0 saturated heterocycles. The number of carbonyl (C=O) groups is 1. The van der Waals surface area contributed by atoms with Gasteiger partial charge in [-0.25, -0.2) is 14.2 Å². The molecule has 0 aromatic heterocycles. The number of hydrogen-bond donors (Lipinski definition) is 0. The maximum atomic E-state index is 13.3. The van der Waals surface area contributed by atoms with Gasteiger partial charge in [0, 0.05) is 0 Å². The molecule has 1 unspecified atom stereocenters. The van der Waals surface area contributed by atoms with Crippen molar-refractivity contribution >= 4 is 23.7 Å². The summed E-state index contributed by atoms with van der Waals surface area (Å²) in [5, 5.41) is -0.239. The number of ether oxygens (including phenoxy) is 1. The quantitative estimate of drug-likeness (QED) is 0.240. The van der Waals surface area contributed by atoms with E-state index in [4.69, 9.17) is 16.3 Å². The summed E-state index contributed by atoms with van der Waals surface area (Å²) < 4.78 is 18.4. The van der Waals surface area contributed by atoms with Crippen molar-refractivity contribution in [2.75, 3.05) is 6.54 Å². The Morgan fingerprint density at radius 3 is 2.90 bits per heavy atom.